The molecule has 0 spiro atoms. The minimum atomic E-state index is 0.293. The van der Waals surface area contributed by atoms with Gasteiger partial charge in [0.05, 0.1) is 0 Å². The Bertz CT molecular complexity index is 501. The average molecular weight is 389 g/mol. The maximum absolute atomic E-state index is 11.8. The number of hydrogen-bond acceptors (Lipinski definition) is 2. The molecule has 2 aliphatic carbocycles. The molecule has 0 aliphatic heterocycles. The summed E-state index contributed by atoms with van der Waals surface area (Å²) in [4.78, 5) is 23.5. The Hall–Kier alpha value is -1.18. The highest BCUT2D eigenvalue weighted by Gasteiger charge is 2.31. The van der Waals surface area contributed by atoms with Crippen molar-refractivity contribution in [2.75, 3.05) is 0 Å². The molecule has 2 atom stereocenters. The van der Waals surface area contributed by atoms with Crippen LogP contribution in [0.4, 0.5) is 0 Å². The van der Waals surface area contributed by atoms with Crippen molar-refractivity contribution in [1.29, 1.82) is 0 Å². The number of rotatable bonds is 6. The van der Waals surface area contributed by atoms with E-state index in [1.54, 1.807) is 12.2 Å². The molecular formula is C26H44O2. The Morgan fingerprint density at radius 3 is 1.39 bits per heavy atom. The van der Waals surface area contributed by atoms with E-state index in [1.807, 2.05) is 12.2 Å². The summed E-state index contributed by atoms with van der Waals surface area (Å²) < 4.78 is 0. The van der Waals surface area contributed by atoms with Crippen LogP contribution in [0.3, 0.4) is 0 Å². The van der Waals surface area contributed by atoms with Gasteiger partial charge in [0.15, 0.2) is 11.6 Å². The van der Waals surface area contributed by atoms with Gasteiger partial charge in [0.25, 0.3) is 0 Å². The number of allylic oxidation sites excluding steroid dienone is 4. The van der Waals surface area contributed by atoms with Crippen molar-refractivity contribution >= 4 is 11.6 Å². The molecule has 2 saturated carbocycles. The Labute approximate surface area is 174 Å². The van der Waals surface area contributed by atoms with Crippen LogP contribution < -0.4 is 0 Å². The molecule has 2 rings (SSSR count). The zero-order valence-electron chi connectivity index (χ0n) is 19.4. The summed E-state index contributed by atoms with van der Waals surface area (Å²) in [5, 5.41) is 0. The fourth-order valence-electron chi connectivity index (χ4n) is 4.62. The van der Waals surface area contributed by atoms with E-state index in [0.717, 1.165) is 38.5 Å². The second-order valence-electron chi connectivity index (χ2n) is 10.3. The fourth-order valence-corrected chi connectivity index (χ4v) is 4.62. The van der Waals surface area contributed by atoms with Gasteiger partial charge in [0.1, 0.15) is 0 Å². The topological polar surface area (TPSA) is 34.1 Å². The standard InChI is InChI=1S/2C13H22O/c2*1-4-5-8-12(14)11-7-6-9-13(2,3)10-11/h2*5,8,11H,4,6-7,9-10H2,1-3H3/b8-5+;8-5-. The normalized spacial score (nSPS) is 26.6. The zero-order chi connectivity index (χ0) is 21.2. The third-order valence-corrected chi connectivity index (χ3v) is 6.25. The molecule has 0 N–H and O–H groups in total. The average Bonchev–Trinajstić information content (AvgIpc) is 2.63. The lowest BCUT2D eigenvalue weighted by Gasteiger charge is -2.33. The quantitative estimate of drug-likeness (QED) is 0.442. The summed E-state index contributed by atoms with van der Waals surface area (Å²) in [6.45, 7) is 13.2. The molecule has 0 aromatic carbocycles. The number of hydrogen-bond donors (Lipinski definition) is 0. The first-order chi connectivity index (χ1) is 13.1. The van der Waals surface area contributed by atoms with Crippen LogP contribution in [0.25, 0.3) is 0 Å². The summed E-state index contributed by atoms with van der Waals surface area (Å²) in [6.07, 6.45) is 18.7. The van der Waals surface area contributed by atoms with E-state index in [-0.39, 0.29) is 0 Å². The number of carbonyl (C=O) groups is 2. The molecule has 2 unspecified atom stereocenters. The van der Waals surface area contributed by atoms with Gasteiger partial charge in [-0.2, -0.15) is 0 Å². The summed E-state index contributed by atoms with van der Waals surface area (Å²) in [5.74, 6) is 1.28. The van der Waals surface area contributed by atoms with Crippen molar-refractivity contribution in [3.05, 3.63) is 24.3 Å². The number of carbonyl (C=O) groups excluding carboxylic acids is 2. The van der Waals surface area contributed by atoms with Crippen LogP contribution in [0.2, 0.25) is 0 Å². The molecule has 2 heteroatoms. The van der Waals surface area contributed by atoms with Gasteiger partial charge in [-0.1, -0.05) is 66.5 Å². The monoisotopic (exact) mass is 388 g/mol. The Morgan fingerprint density at radius 1 is 0.750 bits per heavy atom. The van der Waals surface area contributed by atoms with Gasteiger partial charge in [0.2, 0.25) is 0 Å². The lowest BCUT2D eigenvalue weighted by atomic mass is 9.71. The van der Waals surface area contributed by atoms with Gasteiger partial charge in [-0.25, -0.2) is 0 Å². The van der Waals surface area contributed by atoms with Crippen LogP contribution in [0.15, 0.2) is 24.3 Å². The van der Waals surface area contributed by atoms with Crippen LogP contribution >= 0.6 is 0 Å². The van der Waals surface area contributed by atoms with E-state index in [2.05, 4.69) is 41.5 Å². The third-order valence-electron chi connectivity index (χ3n) is 6.25. The van der Waals surface area contributed by atoms with E-state index >= 15 is 0 Å². The summed E-state index contributed by atoms with van der Waals surface area (Å²) in [5.41, 5.74) is 0.747. The molecule has 2 nitrogen and oxygen atoms in total. The van der Waals surface area contributed by atoms with E-state index < -0.39 is 0 Å². The molecule has 0 saturated heterocycles. The summed E-state index contributed by atoms with van der Waals surface area (Å²) in [7, 11) is 0. The molecular weight excluding hydrogens is 344 g/mol. The lowest BCUT2D eigenvalue weighted by molar-refractivity contribution is -0.121. The highest BCUT2D eigenvalue weighted by molar-refractivity contribution is 5.92. The fraction of sp³-hybridized carbons (Fsp3) is 0.769. The predicted octanol–water partition coefficient (Wildman–Crippen LogP) is 7.48. The minimum absolute atomic E-state index is 0.293. The Morgan fingerprint density at radius 2 is 1.11 bits per heavy atom. The van der Waals surface area contributed by atoms with E-state index in [0.29, 0.717) is 34.2 Å². The van der Waals surface area contributed by atoms with Crippen molar-refractivity contribution in [3.63, 3.8) is 0 Å². The van der Waals surface area contributed by atoms with Crippen molar-refractivity contribution in [2.45, 2.75) is 106 Å². The van der Waals surface area contributed by atoms with Gasteiger partial charge in [-0.05, 0) is 74.3 Å². The van der Waals surface area contributed by atoms with E-state index in [4.69, 9.17) is 0 Å². The van der Waals surface area contributed by atoms with Gasteiger partial charge >= 0.3 is 0 Å². The summed E-state index contributed by atoms with van der Waals surface area (Å²) in [6, 6.07) is 0. The van der Waals surface area contributed by atoms with Crippen LogP contribution in [0.5, 0.6) is 0 Å². The Balaban J connectivity index is 0.000000280. The first-order valence-corrected chi connectivity index (χ1v) is 11.5. The van der Waals surface area contributed by atoms with Crippen molar-refractivity contribution < 1.29 is 9.59 Å². The first kappa shape index (κ1) is 24.9. The molecule has 0 heterocycles. The van der Waals surface area contributed by atoms with Crippen LogP contribution in [-0.2, 0) is 9.59 Å². The molecule has 0 aromatic rings. The lowest BCUT2D eigenvalue weighted by Crippen LogP contribution is -2.26. The SMILES string of the molecule is CC/C=C/C(=O)C1CCCC(C)(C)C1.CC/C=C\C(=O)C1CCCC(C)(C)C1. The van der Waals surface area contributed by atoms with Crippen molar-refractivity contribution in [2.24, 2.45) is 22.7 Å². The molecule has 0 bridgehead atoms. The van der Waals surface area contributed by atoms with E-state index in [1.165, 1.54) is 25.7 Å². The third kappa shape index (κ3) is 9.34. The smallest absolute Gasteiger partial charge is 0.158 e. The maximum atomic E-state index is 11.8. The Kier molecular flexibility index (Phi) is 10.4. The maximum Gasteiger partial charge on any atom is 0.158 e. The van der Waals surface area contributed by atoms with Gasteiger partial charge in [0, 0.05) is 11.8 Å². The zero-order valence-corrected chi connectivity index (χ0v) is 19.4. The highest BCUT2D eigenvalue weighted by Crippen LogP contribution is 2.39. The highest BCUT2D eigenvalue weighted by atomic mass is 16.1. The van der Waals surface area contributed by atoms with Gasteiger partial charge in [-0.3, -0.25) is 9.59 Å². The van der Waals surface area contributed by atoms with Crippen LogP contribution in [-0.4, -0.2) is 11.6 Å². The summed E-state index contributed by atoms with van der Waals surface area (Å²) >= 11 is 0. The second kappa shape index (κ2) is 11.7. The largest absolute Gasteiger partial charge is 0.295 e. The van der Waals surface area contributed by atoms with Crippen molar-refractivity contribution in [3.8, 4) is 0 Å². The van der Waals surface area contributed by atoms with Crippen LogP contribution in [0, 0.1) is 22.7 Å². The molecule has 2 aliphatic rings. The molecule has 160 valence electrons. The minimum Gasteiger partial charge on any atom is -0.295 e. The van der Waals surface area contributed by atoms with Gasteiger partial charge < -0.3 is 0 Å². The van der Waals surface area contributed by atoms with Crippen molar-refractivity contribution in [1.82, 2.24) is 0 Å². The number of ketones is 2. The molecule has 0 amide bonds. The molecule has 0 aromatic heterocycles. The molecule has 2 fully saturated rings. The second-order valence-corrected chi connectivity index (χ2v) is 10.3. The van der Waals surface area contributed by atoms with E-state index in [9.17, 15) is 9.59 Å². The van der Waals surface area contributed by atoms with Gasteiger partial charge in [-0.15, -0.1) is 0 Å². The molecule has 28 heavy (non-hydrogen) atoms. The van der Waals surface area contributed by atoms with Crippen LogP contribution in [0.1, 0.15) is 106 Å². The predicted molar refractivity (Wildman–Crippen MR) is 120 cm³/mol. The molecule has 0 radical (unpaired) electrons. The first-order valence-electron chi connectivity index (χ1n) is 11.5.